The topological polar surface area (TPSA) is 36.3 Å². The van der Waals surface area contributed by atoms with E-state index in [2.05, 4.69) is 37.1 Å². The van der Waals surface area contributed by atoms with Crippen molar-refractivity contribution in [1.29, 1.82) is 0 Å². The van der Waals surface area contributed by atoms with Gasteiger partial charge in [0.2, 0.25) is 0 Å². The molecule has 0 aliphatic rings. The molecule has 0 saturated heterocycles. The van der Waals surface area contributed by atoms with Gasteiger partial charge >= 0.3 is 0 Å². The molecule has 0 radical (unpaired) electrons. The Morgan fingerprint density at radius 2 is 1.84 bits per heavy atom. The summed E-state index contributed by atoms with van der Waals surface area (Å²) in [7, 11) is 3.40. The van der Waals surface area contributed by atoms with Crippen molar-refractivity contribution in [2.45, 2.75) is 25.8 Å². The van der Waals surface area contributed by atoms with E-state index in [1.54, 1.807) is 14.2 Å². The molecule has 2 aromatic rings. The van der Waals surface area contributed by atoms with Crippen molar-refractivity contribution < 1.29 is 9.47 Å². The molecule has 104 valence electrons. The fourth-order valence-corrected chi connectivity index (χ4v) is 2.28. The fourth-order valence-electron chi connectivity index (χ4n) is 2.28. The number of fused-ring (bicyclic) bond motifs is 1. The van der Waals surface area contributed by atoms with Crippen LogP contribution in [0.1, 0.15) is 31.4 Å². The van der Waals surface area contributed by atoms with E-state index in [1.165, 1.54) is 5.56 Å². The monoisotopic (exact) mass is 262 g/mol. The average Bonchev–Trinajstić information content (AvgIpc) is 2.81. The minimum atomic E-state index is 0.106. The number of benzene rings is 1. The Balaban J connectivity index is 2.43. The number of rotatable bonds is 6. The summed E-state index contributed by atoms with van der Waals surface area (Å²) >= 11 is 0. The lowest BCUT2D eigenvalue weighted by Crippen LogP contribution is -2.20. The summed E-state index contributed by atoms with van der Waals surface area (Å²) in [5.74, 6) is 0.510. The van der Waals surface area contributed by atoms with Gasteiger partial charge in [0, 0.05) is 19.6 Å². The summed E-state index contributed by atoms with van der Waals surface area (Å²) in [6.07, 6.45) is 1.90. The maximum atomic E-state index is 5.27. The first-order valence-electron chi connectivity index (χ1n) is 6.62. The number of nitrogens with zero attached hydrogens (tertiary/aromatic N) is 2. The predicted molar refractivity (Wildman–Crippen MR) is 76.6 cm³/mol. The largest absolute Gasteiger partial charge is 0.382 e. The summed E-state index contributed by atoms with van der Waals surface area (Å²) in [5.41, 5.74) is 2.47. The fraction of sp³-hybridized carbons (Fsp3) is 0.533. The maximum Gasteiger partial charge on any atom is 0.0992 e. The highest BCUT2D eigenvalue weighted by molar-refractivity contribution is 5.79. The summed E-state index contributed by atoms with van der Waals surface area (Å²) in [6.45, 7) is 5.58. The van der Waals surface area contributed by atoms with Crippen LogP contribution in [0.25, 0.3) is 10.9 Å². The SMILES string of the molecule is COCC(COC)n1ncc2ccc(C(C)C)cc21. The van der Waals surface area contributed by atoms with Crippen molar-refractivity contribution in [2.75, 3.05) is 27.4 Å². The smallest absolute Gasteiger partial charge is 0.0992 e. The average molecular weight is 262 g/mol. The van der Waals surface area contributed by atoms with Gasteiger partial charge in [0.05, 0.1) is 31.0 Å². The van der Waals surface area contributed by atoms with E-state index < -0.39 is 0 Å². The molecule has 0 amide bonds. The van der Waals surface area contributed by atoms with Gasteiger partial charge in [-0.25, -0.2) is 0 Å². The van der Waals surface area contributed by atoms with Crippen molar-refractivity contribution in [3.8, 4) is 0 Å². The molecule has 19 heavy (non-hydrogen) atoms. The van der Waals surface area contributed by atoms with Crippen molar-refractivity contribution >= 4 is 10.9 Å². The lowest BCUT2D eigenvalue weighted by atomic mass is 10.0. The van der Waals surface area contributed by atoms with Crippen LogP contribution in [0.4, 0.5) is 0 Å². The standard InChI is InChI=1S/C15H22N2O2/c1-11(2)12-5-6-13-8-16-17(15(13)7-12)14(9-18-3)10-19-4/h5-8,11,14H,9-10H2,1-4H3. The van der Waals surface area contributed by atoms with E-state index in [1.807, 2.05) is 10.9 Å². The number of hydrogen-bond acceptors (Lipinski definition) is 3. The van der Waals surface area contributed by atoms with Crippen molar-refractivity contribution in [2.24, 2.45) is 0 Å². The highest BCUT2D eigenvalue weighted by Gasteiger charge is 2.15. The van der Waals surface area contributed by atoms with Gasteiger partial charge in [-0.3, -0.25) is 4.68 Å². The first-order chi connectivity index (χ1) is 9.17. The van der Waals surface area contributed by atoms with Crippen LogP contribution in [0.2, 0.25) is 0 Å². The van der Waals surface area contributed by atoms with Crippen molar-refractivity contribution in [1.82, 2.24) is 9.78 Å². The zero-order chi connectivity index (χ0) is 13.8. The van der Waals surface area contributed by atoms with Gasteiger partial charge < -0.3 is 9.47 Å². The van der Waals surface area contributed by atoms with E-state index >= 15 is 0 Å². The van der Waals surface area contributed by atoms with Crippen LogP contribution >= 0.6 is 0 Å². The molecule has 2 rings (SSSR count). The summed E-state index contributed by atoms with van der Waals surface area (Å²) < 4.78 is 12.5. The molecule has 0 unspecified atom stereocenters. The Labute approximate surface area is 114 Å². The summed E-state index contributed by atoms with van der Waals surface area (Å²) in [5, 5.41) is 5.64. The van der Waals surface area contributed by atoms with Crippen LogP contribution in [0, 0.1) is 0 Å². The van der Waals surface area contributed by atoms with Gasteiger partial charge in [0.1, 0.15) is 0 Å². The van der Waals surface area contributed by atoms with Gasteiger partial charge in [-0.15, -0.1) is 0 Å². The van der Waals surface area contributed by atoms with Gasteiger partial charge in [0.25, 0.3) is 0 Å². The van der Waals surface area contributed by atoms with Crippen molar-refractivity contribution in [3.05, 3.63) is 30.0 Å². The molecular weight excluding hydrogens is 240 g/mol. The Bertz CT molecular complexity index is 528. The molecule has 4 heteroatoms. The van der Waals surface area contributed by atoms with Gasteiger partial charge in [0.15, 0.2) is 0 Å². The molecule has 1 aromatic heterocycles. The van der Waals surface area contributed by atoms with Crippen LogP contribution < -0.4 is 0 Å². The third kappa shape index (κ3) is 2.96. The molecule has 0 aliphatic heterocycles. The second kappa shape index (κ2) is 6.17. The normalized spacial score (nSPS) is 11.9. The second-order valence-corrected chi connectivity index (χ2v) is 5.13. The zero-order valence-electron chi connectivity index (χ0n) is 12.1. The predicted octanol–water partition coefficient (Wildman–Crippen LogP) is 2.99. The van der Waals surface area contributed by atoms with Crippen LogP contribution in [0.15, 0.2) is 24.4 Å². The molecule has 1 aromatic carbocycles. The Morgan fingerprint density at radius 3 is 2.42 bits per heavy atom. The van der Waals surface area contributed by atoms with Gasteiger partial charge in [-0.2, -0.15) is 5.10 Å². The van der Waals surface area contributed by atoms with Crippen LogP contribution in [0.3, 0.4) is 0 Å². The molecule has 0 bridgehead atoms. The lowest BCUT2D eigenvalue weighted by molar-refractivity contribution is 0.0859. The second-order valence-electron chi connectivity index (χ2n) is 5.13. The maximum absolute atomic E-state index is 5.27. The van der Waals surface area contributed by atoms with Crippen LogP contribution in [-0.4, -0.2) is 37.2 Å². The molecule has 0 spiro atoms. The molecular formula is C15H22N2O2. The molecule has 0 saturated carbocycles. The molecule has 0 atom stereocenters. The highest BCUT2D eigenvalue weighted by atomic mass is 16.5. The van der Waals surface area contributed by atoms with Crippen molar-refractivity contribution in [3.63, 3.8) is 0 Å². The van der Waals surface area contributed by atoms with E-state index in [4.69, 9.17) is 9.47 Å². The Kier molecular flexibility index (Phi) is 4.56. The molecule has 0 aliphatic carbocycles. The molecule has 0 N–H and O–H groups in total. The summed E-state index contributed by atoms with van der Waals surface area (Å²) in [6, 6.07) is 6.62. The zero-order valence-corrected chi connectivity index (χ0v) is 12.1. The molecule has 1 heterocycles. The first-order valence-corrected chi connectivity index (χ1v) is 6.62. The third-order valence-electron chi connectivity index (χ3n) is 3.35. The van der Waals surface area contributed by atoms with E-state index in [-0.39, 0.29) is 6.04 Å². The lowest BCUT2D eigenvalue weighted by Gasteiger charge is -2.17. The Morgan fingerprint density at radius 1 is 1.16 bits per heavy atom. The van der Waals surface area contributed by atoms with Gasteiger partial charge in [-0.1, -0.05) is 26.0 Å². The quantitative estimate of drug-likeness (QED) is 0.803. The number of methoxy groups -OCH3 is 2. The number of hydrogen-bond donors (Lipinski definition) is 0. The summed E-state index contributed by atoms with van der Waals surface area (Å²) in [4.78, 5) is 0. The van der Waals surface area contributed by atoms with Crippen LogP contribution in [0.5, 0.6) is 0 Å². The minimum Gasteiger partial charge on any atom is -0.382 e. The minimum absolute atomic E-state index is 0.106. The number of ether oxygens (including phenoxy) is 2. The van der Waals surface area contributed by atoms with Crippen LogP contribution in [-0.2, 0) is 9.47 Å². The van der Waals surface area contributed by atoms with E-state index in [0.717, 1.165) is 10.9 Å². The van der Waals surface area contributed by atoms with Gasteiger partial charge in [-0.05, 0) is 17.5 Å². The highest BCUT2D eigenvalue weighted by Crippen LogP contribution is 2.23. The van der Waals surface area contributed by atoms with E-state index in [9.17, 15) is 0 Å². The Hall–Kier alpha value is -1.39. The molecule has 4 nitrogen and oxygen atoms in total. The third-order valence-corrected chi connectivity index (χ3v) is 3.35. The van der Waals surface area contributed by atoms with E-state index in [0.29, 0.717) is 19.1 Å². The first kappa shape index (κ1) is 14.0. The number of aromatic nitrogens is 2. The molecule has 0 fully saturated rings.